The lowest BCUT2D eigenvalue weighted by molar-refractivity contribution is -0.121. The molecule has 0 unspecified atom stereocenters. The van der Waals surface area contributed by atoms with Gasteiger partial charge in [-0.1, -0.05) is 11.2 Å². The number of carbonyl (C=O) groups excluding carboxylic acids is 1. The molecule has 2 aromatic heterocycles. The highest BCUT2D eigenvalue weighted by Crippen LogP contribution is 2.20. The number of piperidine rings is 1. The highest BCUT2D eigenvalue weighted by Gasteiger charge is 2.23. The molecule has 1 fully saturated rings. The average Bonchev–Trinajstić information content (AvgIpc) is 3.23. The van der Waals surface area contributed by atoms with Crippen LogP contribution in [0.4, 0.5) is 0 Å². The van der Waals surface area contributed by atoms with Crippen LogP contribution in [-0.2, 0) is 11.2 Å². The van der Waals surface area contributed by atoms with Crippen molar-refractivity contribution in [1.29, 1.82) is 0 Å². The minimum absolute atomic E-state index is 0.120. The molecule has 3 rings (SSSR count). The van der Waals surface area contributed by atoms with E-state index in [1.807, 2.05) is 18.2 Å². The van der Waals surface area contributed by atoms with Crippen LogP contribution < -0.4 is 10.6 Å². The summed E-state index contributed by atoms with van der Waals surface area (Å²) in [6.07, 6.45) is 4.89. The Labute approximate surface area is 171 Å². The van der Waals surface area contributed by atoms with Gasteiger partial charge in [0, 0.05) is 52.3 Å². The van der Waals surface area contributed by atoms with E-state index in [-0.39, 0.29) is 5.91 Å². The zero-order valence-electron chi connectivity index (χ0n) is 17.1. The SMILES string of the molecule is CCNC(=NCCc1noc(-c2ccccn2)n1)N1CCC(CC(=O)NC)CC1. The summed E-state index contributed by atoms with van der Waals surface area (Å²) in [6.45, 7) is 5.25. The first-order chi connectivity index (χ1) is 14.2. The maximum Gasteiger partial charge on any atom is 0.276 e. The first kappa shape index (κ1) is 20.8. The standard InChI is InChI=1S/C20H29N7O2/c1-3-22-20(27-12-8-15(9-13-27)14-18(28)21-2)24-11-7-17-25-19(29-26-17)16-6-4-5-10-23-16/h4-6,10,15H,3,7-9,11-14H2,1-2H3,(H,21,28)(H,22,24). The molecule has 1 aliphatic heterocycles. The Morgan fingerprint density at radius 3 is 2.86 bits per heavy atom. The zero-order chi connectivity index (χ0) is 20.5. The van der Waals surface area contributed by atoms with Gasteiger partial charge in [0.15, 0.2) is 11.8 Å². The number of nitrogens with zero attached hydrogens (tertiary/aromatic N) is 5. The van der Waals surface area contributed by atoms with Crippen LogP contribution in [0, 0.1) is 5.92 Å². The number of pyridine rings is 1. The first-order valence-electron chi connectivity index (χ1n) is 10.2. The number of hydrogen-bond acceptors (Lipinski definition) is 6. The van der Waals surface area contributed by atoms with Gasteiger partial charge in [-0.15, -0.1) is 0 Å². The molecule has 3 heterocycles. The number of nitrogens with one attached hydrogen (secondary N) is 2. The highest BCUT2D eigenvalue weighted by atomic mass is 16.5. The number of carbonyl (C=O) groups is 1. The minimum atomic E-state index is 0.120. The summed E-state index contributed by atoms with van der Waals surface area (Å²) in [4.78, 5) is 27.2. The summed E-state index contributed by atoms with van der Waals surface area (Å²) in [7, 11) is 1.69. The number of hydrogen-bond donors (Lipinski definition) is 2. The third kappa shape index (κ3) is 6.00. The zero-order valence-corrected chi connectivity index (χ0v) is 17.1. The van der Waals surface area contributed by atoms with Crippen LogP contribution in [0.25, 0.3) is 11.6 Å². The van der Waals surface area contributed by atoms with Crippen molar-refractivity contribution < 1.29 is 9.32 Å². The number of guanidine groups is 1. The van der Waals surface area contributed by atoms with E-state index in [1.165, 1.54) is 0 Å². The van der Waals surface area contributed by atoms with Crippen molar-refractivity contribution in [2.45, 2.75) is 32.6 Å². The van der Waals surface area contributed by atoms with Gasteiger partial charge in [-0.2, -0.15) is 4.98 Å². The summed E-state index contributed by atoms with van der Waals surface area (Å²) < 4.78 is 5.29. The molecule has 0 aromatic carbocycles. The Hall–Kier alpha value is -2.97. The van der Waals surface area contributed by atoms with E-state index in [4.69, 9.17) is 9.52 Å². The fraction of sp³-hybridized carbons (Fsp3) is 0.550. The van der Waals surface area contributed by atoms with Gasteiger partial charge in [0.2, 0.25) is 5.91 Å². The predicted octanol–water partition coefficient (Wildman–Crippen LogP) is 1.49. The largest absolute Gasteiger partial charge is 0.359 e. The summed E-state index contributed by atoms with van der Waals surface area (Å²) in [5, 5.41) is 10.1. The van der Waals surface area contributed by atoms with E-state index in [9.17, 15) is 4.79 Å². The van der Waals surface area contributed by atoms with Crippen molar-refractivity contribution in [2.75, 3.05) is 33.2 Å². The van der Waals surface area contributed by atoms with Crippen molar-refractivity contribution in [2.24, 2.45) is 10.9 Å². The summed E-state index contributed by atoms with van der Waals surface area (Å²) in [6, 6.07) is 5.57. The Morgan fingerprint density at radius 1 is 1.34 bits per heavy atom. The molecule has 9 nitrogen and oxygen atoms in total. The molecule has 29 heavy (non-hydrogen) atoms. The van der Waals surface area contributed by atoms with Gasteiger partial charge in [0.1, 0.15) is 5.69 Å². The number of aliphatic imine (C=N–C) groups is 1. The van der Waals surface area contributed by atoms with E-state index < -0.39 is 0 Å². The van der Waals surface area contributed by atoms with Crippen molar-refractivity contribution in [3.63, 3.8) is 0 Å². The Morgan fingerprint density at radius 2 is 2.17 bits per heavy atom. The quantitative estimate of drug-likeness (QED) is 0.536. The molecule has 2 N–H and O–H groups in total. The molecule has 2 aromatic rings. The van der Waals surface area contributed by atoms with Crippen molar-refractivity contribution in [3.05, 3.63) is 30.2 Å². The lowest BCUT2D eigenvalue weighted by Gasteiger charge is -2.34. The fourth-order valence-corrected chi connectivity index (χ4v) is 3.35. The maximum absolute atomic E-state index is 11.6. The number of rotatable bonds is 7. The lowest BCUT2D eigenvalue weighted by Crippen LogP contribution is -2.46. The third-order valence-corrected chi connectivity index (χ3v) is 4.95. The summed E-state index contributed by atoms with van der Waals surface area (Å²) in [5.74, 6) is 2.51. The summed E-state index contributed by atoms with van der Waals surface area (Å²) in [5.41, 5.74) is 0.669. The molecule has 0 atom stereocenters. The van der Waals surface area contributed by atoms with Crippen LogP contribution in [0.2, 0.25) is 0 Å². The van der Waals surface area contributed by atoms with E-state index in [2.05, 4.69) is 37.6 Å². The molecular weight excluding hydrogens is 370 g/mol. The molecule has 0 saturated carbocycles. The topological polar surface area (TPSA) is 109 Å². The molecule has 0 aliphatic carbocycles. The number of aromatic nitrogens is 3. The van der Waals surface area contributed by atoms with Gasteiger partial charge in [-0.05, 0) is 37.8 Å². The van der Waals surface area contributed by atoms with Crippen LogP contribution >= 0.6 is 0 Å². The molecule has 0 radical (unpaired) electrons. The van der Waals surface area contributed by atoms with E-state index in [0.717, 1.165) is 38.4 Å². The third-order valence-electron chi connectivity index (χ3n) is 4.95. The minimum Gasteiger partial charge on any atom is -0.359 e. The van der Waals surface area contributed by atoms with Crippen LogP contribution in [-0.4, -0.2) is 65.1 Å². The van der Waals surface area contributed by atoms with E-state index >= 15 is 0 Å². The van der Waals surface area contributed by atoms with Gasteiger partial charge in [0.05, 0.1) is 0 Å². The average molecular weight is 399 g/mol. The second-order valence-corrected chi connectivity index (χ2v) is 7.02. The lowest BCUT2D eigenvalue weighted by atomic mass is 9.93. The van der Waals surface area contributed by atoms with Crippen molar-refractivity contribution >= 4 is 11.9 Å². The van der Waals surface area contributed by atoms with Crippen LogP contribution in [0.5, 0.6) is 0 Å². The molecule has 1 saturated heterocycles. The van der Waals surface area contributed by atoms with Gasteiger partial charge in [0.25, 0.3) is 5.89 Å². The second-order valence-electron chi connectivity index (χ2n) is 7.02. The van der Waals surface area contributed by atoms with Crippen molar-refractivity contribution in [1.82, 2.24) is 30.7 Å². The number of amides is 1. The van der Waals surface area contributed by atoms with Crippen LogP contribution in [0.15, 0.2) is 33.9 Å². The molecule has 0 bridgehead atoms. The summed E-state index contributed by atoms with van der Waals surface area (Å²) >= 11 is 0. The molecule has 1 aliphatic rings. The Balaban J connectivity index is 1.52. The smallest absolute Gasteiger partial charge is 0.276 e. The maximum atomic E-state index is 11.6. The van der Waals surface area contributed by atoms with Gasteiger partial charge >= 0.3 is 0 Å². The first-order valence-corrected chi connectivity index (χ1v) is 10.2. The highest BCUT2D eigenvalue weighted by molar-refractivity contribution is 5.80. The van der Waals surface area contributed by atoms with Crippen LogP contribution in [0.3, 0.4) is 0 Å². The molecule has 156 valence electrons. The molecule has 1 amide bonds. The fourth-order valence-electron chi connectivity index (χ4n) is 3.35. The molecule has 9 heteroatoms. The normalized spacial score (nSPS) is 15.4. The molecular formula is C20H29N7O2. The predicted molar refractivity (Wildman–Crippen MR) is 110 cm³/mol. The van der Waals surface area contributed by atoms with Gasteiger partial charge < -0.3 is 20.1 Å². The molecule has 0 spiro atoms. The Kier molecular flexibility index (Phi) is 7.54. The van der Waals surface area contributed by atoms with Crippen molar-refractivity contribution in [3.8, 4) is 11.6 Å². The van der Waals surface area contributed by atoms with Gasteiger partial charge in [-0.25, -0.2) is 0 Å². The van der Waals surface area contributed by atoms with E-state index in [1.54, 1.807) is 13.2 Å². The van der Waals surface area contributed by atoms with Gasteiger partial charge in [-0.3, -0.25) is 14.8 Å². The number of likely N-dealkylation sites (tertiary alicyclic amines) is 1. The van der Waals surface area contributed by atoms with Crippen LogP contribution in [0.1, 0.15) is 32.0 Å². The Bertz CT molecular complexity index is 798. The van der Waals surface area contributed by atoms with E-state index in [0.29, 0.717) is 42.7 Å². The second kappa shape index (κ2) is 10.5. The monoisotopic (exact) mass is 399 g/mol.